The fourth-order valence-electron chi connectivity index (χ4n) is 3.34. The third kappa shape index (κ3) is 3.30. The van der Waals surface area contributed by atoms with Crippen LogP contribution in [0.1, 0.15) is 0 Å². The van der Waals surface area contributed by atoms with Crippen LogP contribution in [0, 0.1) is 11.6 Å². The third-order valence-electron chi connectivity index (χ3n) is 4.85. The molecule has 158 valence electrons. The predicted molar refractivity (Wildman–Crippen MR) is 111 cm³/mol. The molecule has 5 aromatic rings. The highest BCUT2D eigenvalue weighted by Gasteiger charge is 2.23. The Hall–Kier alpha value is -4.05. The molecule has 0 unspecified atom stereocenters. The number of fused-ring (bicyclic) bond motifs is 1. The zero-order valence-corrected chi connectivity index (χ0v) is 17.0. The van der Waals surface area contributed by atoms with E-state index < -0.39 is 21.5 Å². The van der Waals surface area contributed by atoms with Crippen molar-refractivity contribution in [2.75, 3.05) is 0 Å². The summed E-state index contributed by atoms with van der Waals surface area (Å²) in [6, 6.07) is 13.9. The summed E-state index contributed by atoms with van der Waals surface area (Å²) in [5, 5.41) is 12.2. The first-order valence-corrected chi connectivity index (χ1v) is 10.9. The average Bonchev–Trinajstić information content (AvgIpc) is 3.19. The second-order valence-electron chi connectivity index (χ2n) is 6.83. The van der Waals surface area contributed by atoms with E-state index >= 15 is 0 Å². The lowest BCUT2D eigenvalue weighted by Gasteiger charge is -2.06. The molecule has 0 aliphatic carbocycles. The molecule has 0 atom stereocenters. The van der Waals surface area contributed by atoms with Crippen LogP contribution < -0.4 is 0 Å². The van der Waals surface area contributed by atoms with Crippen molar-refractivity contribution in [3.05, 3.63) is 90.9 Å². The normalized spacial score (nSPS) is 11.7. The fourth-order valence-corrected chi connectivity index (χ4v) is 4.49. The van der Waals surface area contributed by atoms with Gasteiger partial charge < -0.3 is 0 Å². The number of rotatable bonds is 4. The Bertz CT molecular complexity index is 1550. The molecule has 0 amide bonds. The molecular formula is C22H13F2N5O2S. The molecule has 3 heterocycles. The summed E-state index contributed by atoms with van der Waals surface area (Å²) in [6.07, 6.45) is 4.60. The monoisotopic (exact) mass is 449 g/mol. The summed E-state index contributed by atoms with van der Waals surface area (Å²) >= 11 is 0. The predicted octanol–water partition coefficient (Wildman–Crippen LogP) is 3.96. The molecule has 32 heavy (non-hydrogen) atoms. The van der Waals surface area contributed by atoms with Crippen LogP contribution in [0.15, 0.2) is 89.2 Å². The number of hydrogen-bond acceptors (Lipinski definition) is 6. The highest BCUT2D eigenvalue weighted by Crippen LogP contribution is 2.35. The maximum atomic E-state index is 14.5. The number of halogens is 2. The first-order chi connectivity index (χ1) is 15.4. The van der Waals surface area contributed by atoms with Gasteiger partial charge in [-0.25, -0.2) is 21.7 Å². The second-order valence-corrected chi connectivity index (χ2v) is 8.72. The van der Waals surface area contributed by atoms with E-state index in [1.165, 1.54) is 47.2 Å². The van der Waals surface area contributed by atoms with Gasteiger partial charge in [-0.1, -0.05) is 18.2 Å². The SMILES string of the molecule is O=S(=O)(c1ccccc1)c1ccc(-c2c(-c3ccc(F)cc3F)nn3ccncc23)nn1. The van der Waals surface area contributed by atoms with Crippen molar-refractivity contribution in [2.24, 2.45) is 0 Å². The molecule has 3 aromatic heterocycles. The van der Waals surface area contributed by atoms with E-state index in [1.807, 2.05) is 0 Å². The van der Waals surface area contributed by atoms with Crippen molar-refractivity contribution in [1.82, 2.24) is 24.8 Å². The van der Waals surface area contributed by atoms with Crippen molar-refractivity contribution in [3.8, 4) is 22.5 Å². The van der Waals surface area contributed by atoms with Crippen molar-refractivity contribution in [3.63, 3.8) is 0 Å². The van der Waals surface area contributed by atoms with Crippen LogP contribution in [0.2, 0.25) is 0 Å². The van der Waals surface area contributed by atoms with Gasteiger partial charge >= 0.3 is 0 Å². The lowest BCUT2D eigenvalue weighted by Crippen LogP contribution is -2.06. The largest absolute Gasteiger partial charge is 0.261 e. The molecule has 10 heteroatoms. The topological polar surface area (TPSA) is 90.1 Å². The van der Waals surface area contributed by atoms with E-state index in [0.717, 1.165) is 12.1 Å². The molecule has 5 rings (SSSR count). The van der Waals surface area contributed by atoms with Crippen LogP contribution in [0.5, 0.6) is 0 Å². The average molecular weight is 449 g/mol. The molecule has 0 aliphatic heterocycles. The Morgan fingerprint density at radius 1 is 0.906 bits per heavy atom. The molecule has 2 aromatic carbocycles. The Kier molecular flexibility index (Phi) is 4.71. The van der Waals surface area contributed by atoms with E-state index in [2.05, 4.69) is 20.3 Å². The van der Waals surface area contributed by atoms with Gasteiger partial charge in [0.05, 0.1) is 27.9 Å². The molecule has 0 saturated carbocycles. The summed E-state index contributed by atoms with van der Waals surface area (Å²) in [6.45, 7) is 0. The molecular weight excluding hydrogens is 436 g/mol. The molecule has 0 saturated heterocycles. The van der Waals surface area contributed by atoms with Crippen molar-refractivity contribution < 1.29 is 17.2 Å². The summed E-state index contributed by atoms with van der Waals surface area (Å²) in [7, 11) is -3.85. The first kappa shape index (κ1) is 19.9. The maximum absolute atomic E-state index is 14.5. The van der Waals surface area contributed by atoms with Crippen LogP contribution in [0.25, 0.3) is 28.0 Å². The minimum absolute atomic E-state index is 0.0629. The standard InChI is InChI=1S/C22H13F2N5O2S/c23-14-6-7-16(17(24)12-14)22-21(19-13-25-10-11-29(19)28-22)18-8-9-20(27-26-18)32(30,31)15-4-2-1-3-5-15/h1-13H. The van der Waals surface area contributed by atoms with Crippen LogP contribution in [-0.4, -0.2) is 33.2 Å². The Morgan fingerprint density at radius 3 is 2.44 bits per heavy atom. The maximum Gasteiger partial charge on any atom is 0.225 e. The van der Waals surface area contributed by atoms with Crippen molar-refractivity contribution >= 4 is 15.4 Å². The van der Waals surface area contributed by atoms with Gasteiger partial charge in [-0.2, -0.15) is 5.10 Å². The van der Waals surface area contributed by atoms with E-state index in [0.29, 0.717) is 11.1 Å². The van der Waals surface area contributed by atoms with E-state index in [1.54, 1.807) is 24.4 Å². The van der Waals surface area contributed by atoms with Gasteiger partial charge in [0.25, 0.3) is 0 Å². The highest BCUT2D eigenvalue weighted by atomic mass is 32.2. The Morgan fingerprint density at radius 2 is 1.72 bits per heavy atom. The van der Waals surface area contributed by atoms with Gasteiger partial charge in [-0.3, -0.25) is 4.98 Å². The van der Waals surface area contributed by atoms with E-state index in [9.17, 15) is 17.2 Å². The molecule has 0 radical (unpaired) electrons. The number of nitrogens with zero attached hydrogens (tertiary/aromatic N) is 5. The summed E-state index contributed by atoms with van der Waals surface area (Å²) in [4.78, 5) is 4.17. The highest BCUT2D eigenvalue weighted by molar-refractivity contribution is 7.91. The fraction of sp³-hybridized carbons (Fsp3) is 0. The molecule has 0 bridgehead atoms. The van der Waals surface area contributed by atoms with Crippen LogP contribution in [0.3, 0.4) is 0 Å². The third-order valence-corrected chi connectivity index (χ3v) is 6.51. The van der Waals surface area contributed by atoms with Crippen LogP contribution in [0.4, 0.5) is 8.78 Å². The quantitative estimate of drug-likeness (QED) is 0.413. The van der Waals surface area contributed by atoms with Gasteiger partial charge in [0.15, 0.2) is 5.03 Å². The smallest absolute Gasteiger partial charge is 0.225 e. The first-order valence-electron chi connectivity index (χ1n) is 9.37. The van der Waals surface area contributed by atoms with Gasteiger partial charge in [-0.05, 0) is 36.4 Å². The summed E-state index contributed by atoms with van der Waals surface area (Å²) in [5.41, 5.74) is 1.41. The van der Waals surface area contributed by atoms with Crippen molar-refractivity contribution in [1.29, 1.82) is 0 Å². The van der Waals surface area contributed by atoms with Gasteiger partial charge in [0.2, 0.25) is 9.84 Å². The molecule has 7 nitrogen and oxygen atoms in total. The second kappa shape index (κ2) is 7.57. The molecule has 0 N–H and O–H groups in total. The lowest BCUT2D eigenvalue weighted by atomic mass is 10.0. The molecule has 0 aliphatic rings. The molecule has 0 spiro atoms. The zero-order valence-electron chi connectivity index (χ0n) is 16.2. The van der Waals surface area contributed by atoms with Gasteiger partial charge in [0, 0.05) is 24.0 Å². The minimum atomic E-state index is -3.85. The Labute approximate surface area is 180 Å². The minimum Gasteiger partial charge on any atom is -0.261 e. The molecule has 0 fully saturated rings. The summed E-state index contributed by atoms with van der Waals surface area (Å²) < 4.78 is 55.1. The van der Waals surface area contributed by atoms with Crippen molar-refractivity contribution in [2.45, 2.75) is 9.92 Å². The van der Waals surface area contributed by atoms with Gasteiger partial charge in [-0.15, -0.1) is 10.2 Å². The summed E-state index contributed by atoms with van der Waals surface area (Å²) in [5.74, 6) is -1.51. The Balaban J connectivity index is 1.67. The lowest BCUT2D eigenvalue weighted by molar-refractivity contribution is 0.585. The zero-order chi connectivity index (χ0) is 22.3. The number of aromatic nitrogens is 5. The number of benzene rings is 2. The van der Waals surface area contributed by atoms with Crippen LogP contribution >= 0.6 is 0 Å². The van der Waals surface area contributed by atoms with E-state index in [4.69, 9.17) is 0 Å². The van der Waals surface area contributed by atoms with Gasteiger partial charge in [0.1, 0.15) is 17.3 Å². The van der Waals surface area contributed by atoms with E-state index in [-0.39, 0.29) is 26.9 Å². The van der Waals surface area contributed by atoms with Crippen LogP contribution in [-0.2, 0) is 9.84 Å². The number of hydrogen-bond donors (Lipinski definition) is 0. The number of sulfone groups is 1.